The molecule has 1 heterocycles. The van der Waals surface area contributed by atoms with E-state index in [1.54, 1.807) is 7.11 Å². The Morgan fingerprint density at radius 1 is 1.30 bits per heavy atom. The molecule has 0 aliphatic carbocycles. The lowest BCUT2D eigenvalue weighted by Gasteiger charge is -2.16. The van der Waals surface area contributed by atoms with Gasteiger partial charge >= 0.3 is 0 Å². The van der Waals surface area contributed by atoms with Gasteiger partial charge in [-0.25, -0.2) is 4.99 Å². The van der Waals surface area contributed by atoms with Crippen LogP contribution in [0.5, 0.6) is 0 Å². The number of thioether (sulfide) groups is 1. The highest BCUT2D eigenvalue weighted by molar-refractivity contribution is 8.15. The van der Waals surface area contributed by atoms with Crippen LogP contribution in [-0.2, 0) is 14.3 Å². The van der Waals surface area contributed by atoms with Gasteiger partial charge in [0.1, 0.15) is 5.25 Å². The largest absolute Gasteiger partial charge is 0.383 e. The first-order valence-electron chi connectivity index (χ1n) is 10.1. The molecule has 0 bridgehead atoms. The first-order chi connectivity index (χ1) is 15.7. The topological polar surface area (TPSA) is 114 Å². The molecule has 1 saturated heterocycles. The van der Waals surface area contributed by atoms with Gasteiger partial charge in [0.05, 0.1) is 34.5 Å². The van der Waals surface area contributed by atoms with E-state index >= 15 is 0 Å². The summed E-state index contributed by atoms with van der Waals surface area (Å²) in [5.74, 6) is -0.733. The Hall–Kier alpha value is -2.95. The number of anilines is 1. The number of hydrogen-bond donors (Lipinski definition) is 1. The molecule has 1 aliphatic rings. The molecule has 9 nitrogen and oxygen atoms in total. The second-order valence-electron chi connectivity index (χ2n) is 7.45. The van der Waals surface area contributed by atoms with Gasteiger partial charge in [-0.2, -0.15) is 0 Å². The van der Waals surface area contributed by atoms with E-state index in [0.29, 0.717) is 18.3 Å². The molecule has 33 heavy (non-hydrogen) atoms. The number of amidine groups is 1. The van der Waals surface area contributed by atoms with Crippen LogP contribution in [0.2, 0.25) is 5.02 Å². The molecular weight excluding hydrogens is 468 g/mol. The number of non-ortho nitro benzene ring substituents is 1. The Balaban J connectivity index is 1.78. The smallest absolute Gasteiger partial charge is 0.271 e. The molecule has 1 N–H and O–H groups in total. The second-order valence-corrected chi connectivity index (χ2v) is 9.02. The van der Waals surface area contributed by atoms with E-state index in [9.17, 15) is 19.7 Å². The number of nitrogens with one attached hydrogen (secondary N) is 1. The lowest BCUT2D eigenvalue weighted by atomic mass is 10.1. The van der Waals surface area contributed by atoms with E-state index < -0.39 is 16.1 Å². The van der Waals surface area contributed by atoms with Crippen molar-refractivity contribution in [2.24, 2.45) is 4.99 Å². The van der Waals surface area contributed by atoms with Crippen molar-refractivity contribution in [3.05, 3.63) is 62.7 Å². The number of nitro groups is 1. The summed E-state index contributed by atoms with van der Waals surface area (Å²) in [4.78, 5) is 42.3. The summed E-state index contributed by atoms with van der Waals surface area (Å²) in [6, 6.07) is 9.61. The fourth-order valence-corrected chi connectivity index (χ4v) is 4.58. The van der Waals surface area contributed by atoms with Crippen molar-refractivity contribution in [1.29, 1.82) is 0 Å². The van der Waals surface area contributed by atoms with Crippen LogP contribution in [-0.4, -0.2) is 52.3 Å². The van der Waals surface area contributed by atoms with Crippen LogP contribution in [0.15, 0.2) is 41.4 Å². The van der Waals surface area contributed by atoms with Crippen molar-refractivity contribution in [3.63, 3.8) is 0 Å². The molecule has 0 aromatic heterocycles. The highest BCUT2D eigenvalue weighted by Gasteiger charge is 2.39. The zero-order chi connectivity index (χ0) is 24.1. The summed E-state index contributed by atoms with van der Waals surface area (Å²) in [6.07, 6.45) is -0.141. The van der Waals surface area contributed by atoms with Crippen molar-refractivity contribution in [1.82, 2.24) is 4.90 Å². The van der Waals surface area contributed by atoms with E-state index in [1.165, 1.54) is 34.9 Å². The fraction of sp³-hybridized carbons (Fsp3) is 0.318. The molecule has 1 unspecified atom stereocenters. The first kappa shape index (κ1) is 24.7. The highest BCUT2D eigenvalue weighted by atomic mass is 35.5. The normalized spacial score (nSPS) is 17.0. The number of methoxy groups -OCH3 is 1. The number of nitrogens with zero attached hydrogens (tertiary/aromatic N) is 3. The number of halogens is 1. The highest BCUT2D eigenvalue weighted by Crippen LogP contribution is 2.33. The van der Waals surface area contributed by atoms with Crippen molar-refractivity contribution in [2.45, 2.75) is 25.5 Å². The van der Waals surface area contributed by atoms with Gasteiger partial charge in [-0.15, -0.1) is 0 Å². The maximum atomic E-state index is 13.0. The summed E-state index contributed by atoms with van der Waals surface area (Å²) in [5, 5.41) is 13.5. The van der Waals surface area contributed by atoms with Gasteiger partial charge in [0.25, 0.3) is 5.69 Å². The van der Waals surface area contributed by atoms with Gasteiger partial charge in [0.15, 0.2) is 5.17 Å². The van der Waals surface area contributed by atoms with Gasteiger partial charge < -0.3 is 10.1 Å². The summed E-state index contributed by atoms with van der Waals surface area (Å²) in [7, 11) is 1.54. The van der Waals surface area contributed by atoms with Gasteiger partial charge in [0.2, 0.25) is 11.8 Å². The minimum absolute atomic E-state index is 0.117. The number of benzene rings is 2. The SMILES string of the molecule is COCCN1C(=O)C(CC(=O)Nc2cc([N+](=O)[O-])ccc2Cl)SC1=Nc1ccc(C)cc1C. The molecule has 2 amide bonds. The molecule has 0 spiro atoms. The third-order valence-corrected chi connectivity index (χ3v) is 6.42. The predicted molar refractivity (Wildman–Crippen MR) is 129 cm³/mol. The van der Waals surface area contributed by atoms with Crippen LogP contribution in [0.1, 0.15) is 17.5 Å². The number of nitro benzene ring substituents is 1. The average Bonchev–Trinajstić information content (AvgIpc) is 3.04. The fourth-order valence-electron chi connectivity index (χ4n) is 3.24. The quantitative estimate of drug-likeness (QED) is 0.431. The lowest BCUT2D eigenvalue weighted by Crippen LogP contribution is -2.35. The Morgan fingerprint density at radius 3 is 2.73 bits per heavy atom. The molecule has 1 fully saturated rings. The third-order valence-electron chi connectivity index (χ3n) is 4.91. The molecule has 11 heteroatoms. The molecule has 0 saturated carbocycles. The van der Waals surface area contributed by atoms with Crippen LogP contribution in [0, 0.1) is 24.0 Å². The monoisotopic (exact) mass is 490 g/mol. The van der Waals surface area contributed by atoms with Crippen LogP contribution in [0.3, 0.4) is 0 Å². The summed E-state index contributed by atoms with van der Waals surface area (Å²) < 4.78 is 5.12. The second kappa shape index (κ2) is 10.8. The van der Waals surface area contributed by atoms with E-state index in [0.717, 1.165) is 16.8 Å². The minimum Gasteiger partial charge on any atom is -0.383 e. The van der Waals surface area contributed by atoms with Crippen LogP contribution < -0.4 is 5.32 Å². The van der Waals surface area contributed by atoms with Gasteiger partial charge in [-0.1, -0.05) is 41.1 Å². The number of ether oxygens (including phenoxy) is 1. The summed E-state index contributed by atoms with van der Waals surface area (Å²) in [6.45, 7) is 4.56. The summed E-state index contributed by atoms with van der Waals surface area (Å²) in [5.41, 5.74) is 2.74. The number of carbonyl (C=O) groups is 2. The zero-order valence-corrected chi connectivity index (χ0v) is 19.9. The predicted octanol–water partition coefficient (Wildman–Crippen LogP) is 4.47. The van der Waals surface area contributed by atoms with E-state index in [-0.39, 0.29) is 28.7 Å². The van der Waals surface area contributed by atoms with Crippen LogP contribution >= 0.6 is 23.4 Å². The van der Waals surface area contributed by atoms with Crippen molar-refractivity contribution in [2.75, 3.05) is 25.6 Å². The number of carbonyl (C=O) groups excluding carboxylic acids is 2. The standard InChI is InChI=1S/C22H23ClN4O5S/c1-13-4-7-17(14(2)10-13)25-22-26(8-9-32-3)21(29)19(33-22)12-20(28)24-18-11-15(27(30)31)5-6-16(18)23/h4-7,10-11,19H,8-9,12H2,1-3H3,(H,24,28). The zero-order valence-electron chi connectivity index (χ0n) is 18.3. The molecule has 174 valence electrons. The van der Waals surface area contributed by atoms with E-state index in [4.69, 9.17) is 16.3 Å². The van der Waals surface area contributed by atoms with E-state index in [1.807, 2.05) is 32.0 Å². The Bertz CT molecular complexity index is 1120. The molecule has 1 aliphatic heterocycles. The number of hydrogen-bond acceptors (Lipinski definition) is 7. The Labute approximate surface area is 200 Å². The molecule has 1 atom stereocenters. The van der Waals surface area contributed by atoms with E-state index in [2.05, 4.69) is 10.3 Å². The number of aryl methyl sites for hydroxylation is 2. The Morgan fingerprint density at radius 2 is 2.06 bits per heavy atom. The minimum atomic E-state index is -0.691. The van der Waals surface area contributed by atoms with Crippen molar-refractivity contribution >= 4 is 57.4 Å². The van der Waals surface area contributed by atoms with Crippen LogP contribution in [0.25, 0.3) is 0 Å². The number of amides is 2. The molecule has 3 rings (SSSR count). The van der Waals surface area contributed by atoms with Crippen molar-refractivity contribution < 1.29 is 19.2 Å². The summed E-state index contributed by atoms with van der Waals surface area (Å²) >= 11 is 7.26. The van der Waals surface area contributed by atoms with Crippen LogP contribution in [0.4, 0.5) is 17.1 Å². The molecule has 2 aromatic carbocycles. The first-order valence-corrected chi connectivity index (χ1v) is 11.3. The number of rotatable bonds is 8. The Kier molecular flexibility index (Phi) is 8.06. The van der Waals surface area contributed by atoms with Gasteiger partial charge in [-0.05, 0) is 31.5 Å². The maximum absolute atomic E-state index is 13.0. The molecular formula is C22H23ClN4O5S. The number of aliphatic imine (C=N–C) groups is 1. The van der Waals surface area contributed by atoms with Crippen molar-refractivity contribution in [3.8, 4) is 0 Å². The van der Waals surface area contributed by atoms with Gasteiger partial charge in [0, 0.05) is 25.7 Å². The average molecular weight is 491 g/mol. The molecule has 2 aromatic rings. The maximum Gasteiger partial charge on any atom is 0.271 e. The third kappa shape index (κ3) is 6.10. The van der Waals surface area contributed by atoms with Gasteiger partial charge in [-0.3, -0.25) is 24.6 Å². The lowest BCUT2D eigenvalue weighted by molar-refractivity contribution is -0.384. The molecule has 0 radical (unpaired) electrons.